The zero-order chi connectivity index (χ0) is 17.0. The highest BCUT2D eigenvalue weighted by molar-refractivity contribution is 4.53. The van der Waals surface area contributed by atoms with Crippen molar-refractivity contribution in [2.45, 2.75) is 103 Å². The van der Waals surface area contributed by atoms with E-state index in [0.29, 0.717) is 0 Å². The molecule has 0 rings (SSSR count). The quantitative estimate of drug-likeness (QED) is 0.244. The lowest BCUT2D eigenvalue weighted by Crippen LogP contribution is -2.30. The molecule has 0 aromatic rings. The molecule has 0 amide bonds. The van der Waals surface area contributed by atoms with E-state index in [0.717, 1.165) is 13.1 Å². The van der Waals surface area contributed by atoms with E-state index in [2.05, 4.69) is 12.2 Å². The second-order valence-electron chi connectivity index (χ2n) is 6.70. The van der Waals surface area contributed by atoms with Crippen molar-refractivity contribution in [2.24, 2.45) is 0 Å². The predicted octanol–water partition coefficient (Wildman–Crippen LogP) is 5.68. The minimum absolute atomic E-state index is 0.110. The van der Waals surface area contributed by atoms with Crippen LogP contribution in [0.3, 0.4) is 0 Å². The first kappa shape index (κ1) is 22.9. The summed E-state index contributed by atoms with van der Waals surface area (Å²) < 4.78 is 10.3. The largest absolute Gasteiger partial charge is 0.355 e. The van der Waals surface area contributed by atoms with Gasteiger partial charge in [-0.2, -0.15) is 0 Å². The second kappa shape index (κ2) is 19.9. The minimum Gasteiger partial charge on any atom is -0.355 e. The Hall–Kier alpha value is -0.120. The van der Waals surface area contributed by atoms with E-state index in [9.17, 15) is 0 Å². The van der Waals surface area contributed by atoms with Gasteiger partial charge in [-0.05, 0) is 13.0 Å². The molecule has 0 heterocycles. The first-order valence-corrected chi connectivity index (χ1v) is 10.1. The van der Waals surface area contributed by atoms with Gasteiger partial charge in [0.25, 0.3) is 0 Å². The first-order valence-electron chi connectivity index (χ1n) is 10.1. The number of nitrogens with one attached hydrogen (secondary N) is 1. The zero-order valence-electron chi connectivity index (χ0n) is 16.2. The molecule has 0 aromatic heterocycles. The molecule has 0 aliphatic carbocycles. The summed E-state index contributed by atoms with van der Waals surface area (Å²) in [6, 6.07) is 0. The molecule has 0 aliphatic rings. The number of hydrogen-bond acceptors (Lipinski definition) is 3. The highest BCUT2D eigenvalue weighted by Gasteiger charge is 2.02. The lowest BCUT2D eigenvalue weighted by Gasteiger charge is -2.13. The third-order valence-corrected chi connectivity index (χ3v) is 4.54. The topological polar surface area (TPSA) is 30.5 Å². The van der Waals surface area contributed by atoms with E-state index >= 15 is 0 Å². The van der Waals surface area contributed by atoms with Crippen molar-refractivity contribution in [2.75, 3.05) is 27.3 Å². The molecular weight excluding hydrogens is 286 g/mol. The fourth-order valence-corrected chi connectivity index (χ4v) is 2.93. The van der Waals surface area contributed by atoms with Crippen LogP contribution in [-0.4, -0.2) is 33.6 Å². The van der Waals surface area contributed by atoms with Crippen LogP contribution in [0.4, 0.5) is 0 Å². The summed E-state index contributed by atoms with van der Waals surface area (Å²) in [5.74, 6) is 0. The van der Waals surface area contributed by atoms with Gasteiger partial charge in [-0.25, -0.2) is 0 Å². The third kappa shape index (κ3) is 18.1. The maximum atomic E-state index is 5.14. The van der Waals surface area contributed by atoms with Crippen molar-refractivity contribution in [3.63, 3.8) is 0 Å². The molecule has 0 fully saturated rings. The fraction of sp³-hybridized carbons (Fsp3) is 1.00. The van der Waals surface area contributed by atoms with Crippen molar-refractivity contribution >= 4 is 0 Å². The van der Waals surface area contributed by atoms with Crippen LogP contribution in [0.15, 0.2) is 0 Å². The van der Waals surface area contributed by atoms with Gasteiger partial charge in [-0.15, -0.1) is 0 Å². The van der Waals surface area contributed by atoms with Gasteiger partial charge in [-0.3, -0.25) is 0 Å². The SMILES string of the molecule is CCCCCCCCCCCCCCCCNCC(OC)OC. The summed E-state index contributed by atoms with van der Waals surface area (Å²) in [5, 5.41) is 3.38. The summed E-state index contributed by atoms with van der Waals surface area (Å²) in [7, 11) is 3.37. The van der Waals surface area contributed by atoms with Crippen molar-refractivity contribution < 1.29 is 9.47 Å². The smallest absolute Gasteiger partial charge is 0.169 e. The third-order valence-electron chi connectivity index (χ3n) is 4.54. The van der Waals surface area contributed by atoms with Crippen LogP contribution in [0.5, 0.6) is 0 Å². The van der Waals surface area contributed by atoms with Crippen molar-refractivity contribution in [3.8, 4) is 0 Å². The number of methoxy groups -OCH3 is 2. The Morgan fingerprint density at radius 3 is 1.39 bits per heavy atom. The van der Waals surface area contributed by atoms with Crippen LogP contribution in [-0.2, 0) is 9.47 Å². The van der Waals surface area contributed by atoms with Gasteiger partial charge in [0.2, 0.25) is 0 Å². The zero-order valence-corrected chi connectivity index (χ0v) is 16.2. The van der Waals surface area contributed by atoms with Crippen LogP contribution in [0, 0.1) is 0 Å². The van der Waals surface area contributed by atoms with Crippen molar-refractivity contribution in [1.82, 2.24) is 5.32 Å². The van der Waals surface area contributed by atoms with Crippen molar-refractivity contribution in [1.29, 1.82) is 0 Å². The molecule has 1 N–H and O–H groups in total. The molecule has 0 atom stereocenters. The first-order chi connectivity index (χ1) is 11.3. The molecule has 0 spiro atoms. The second-order valence-corrected chi connectivity index (χ2v) is 6.70. The van der Waals surface area contributed by atoms with Crippen molar-refractivity contribution in [3.05, 3.63) is 0 Å². The summed E-state index contributed by atoms with van der Waals surface area (Å²) >= 11 is 0. The average molecular weight is 330 g/mol. The summed E-state index contributed by atoms with van der Waals surface area (Å²) in [6.45, 7) is 4.14. The number of hydrogen-bond donors (Lipinski definition) is 1. The Labute approximate surface area is 145 Å². The van der Waals surface area contributed by atoms with Gasteiger partial charge < -0.3 is 14.8 Å². The highest BCUT2D eigenvalue weighted by atomic mass is 16.7. The molecule has 140 valence electrons. The lowest BCUT2D eigenvalue weighted by molar-refractivity contribution is -0.0986. The molecule has 0 aliphatic heterocycles. The number of unbranched alkanes of at least 4 members (excludes halogenated alkanes) is 13. The molecule has 0 unspecified atom stereocenters. The molecule has 3 heteroatoms. The van der Waals surface area contributed by atoms with Gasteiger partial charge >= 0.3 is 0 Å². The van der Waals surface area contributed by atoms with Crippen LogP contribution in [0.1, 0.15) is 96.8 Å². The maximum Gasteiger partial charge on any atom is 0.169 e. The molecule has 0 saturated heterocycles. The van der Waals surface area contributed by atoms with E-state index in [4.69, 9.17) is 9.47 Å². The molecule has 0 bridgehead atoms. The highest BCUT2D eigenvalue weighted by Crippen LogP contribution is 2.12. The molecule has 0 saturated carbocycles. The van der Waals surface area contributed by atoms with Crippen LogP contribution in [0.2, 0.25) is 0 Å². The Balaban J connectivity index is 3.02. The van der Waals surface area contributed by atoms with Crippen LogP contribution < -0.4 is 5.32 Å². The lowest BCUT2D eigenvalue weighted by atomic mass is 10.0. The fourth-order valence-electron chi connectivity index (χ4n) is 2.93. The summed E-state index contributed by atoms with van der Waals surface area (Å²) in [4.78, 5) is 0. The van der Waals surface area contributed by atoms with E-state index in [1.165, 1.54) is 89.9 Å². The Morgan fingerprint density at radius 1 is 0.609 bits per heavy atom. The Kier molecular flexibility index (Phi) is 19.8. The van der Waals surface area contributed by atoms with Gasteiger partial charge in [0.1, 0.15) is 0 Å². The van der Waals surface area contributed by atoms with E-state index < -0.39 is 0 Å². The number of rotatable bonds is 19. The van der Waals surface area contributed by atoms with E-state index in [-0.39, 0.29) is 6.29 Å². The molecule has 0 aromatic carbocycles. The standard InChI is InChI=1S/C20H43NO2/c1-4-5-6-7-8-9-10-11-12-13-14-15-16-17-18-21-19-20(22-2)23-3/h20-21H,4-19H2,1-3H3. The normalized spacial score (nSPS) is 11.5. The maximum absolute atomic E-state index is 5.14. The van der Waals surface area contributed by atoms with Crippen LogP contribution in [0.25, 0.3) is 0 Å². The summed E-state index contributed by atoms with van der Waals surface area (Å²) in [6.07, 6.45) is 19.7. The van der Waals surface area contributed by atoms with Gasteiger partial charge in [0.15, 0.2) is 6.29 Å². The Morgan fingerprint density at radius 2 is 1.00 bits per heavy atom. The molecular formula is C20H43NO2. The monoisotopic (exact) mass is 329 g/mol. The van der Waals surface area contributed by atoms with E-state index in [1.807, 2.05) is 0 Å². The minimum atomic E-state index is -0.110. The number of ether oxygens (including phenoxy) is 2. The summed E-state index contributed by atoms with van der Waals surface area (Å²) in [5.41, 5.74) is 0. The Bertz CT molecular complexity index is 208. The average Bonchev–Trinajstić information content (AvgIpc) is 2.58. The molecule has 3 nitrogen and oxygen atoms in total. The molecule has 23 heavy (non-hydrogen) atoms. The molecule has 0 radical (unpaired) electrons. The van der Waals surface area contributed by atoms with Gasteiger partial charge in [0, 0.05) is 20.8 Å². The van der Waals surface area contributed by atoms with Crippen LogP contribution >= 0.6 is 0 Å². The van der Waals surface area contributed by atoms with E-state index in [1.54, 1.807) is 14.2 Å². The van der Waals surface area contributed by atoms with Gasteiger partial charge in [-0.1, -0.05) is 90.4 Å². The predicted molar refractivity (Wildman–Crippen MR) is 101 cm³/mol. The van der Waals surface area contributed by atoms with Gasteiger partial charge in [0.05, 0.1) is 0 Å².